The van der Waals surface area contributed by atoms with Gasteiger partial charge >= 0.3 is 0 Å². The summed E-state index contributed by atoms with van der Waals surface area (Å²) in [5.41, 5.74) is 0. The van der Waals surface area contributed by atoms with E-state index in [9.17, 15) is 9.59 Å². The number of hydrogen-bond acceptors (Lipinski definition) is 3. The smallest absolute Gasteiger partial charge is 0.226 e. The predicted octanol–water partition coefficient (Wildman–Crippen LogP) is 1.04. The van der Waals surface area contributed by atoms with Crippen molar-refractivity contribution in [1.82, 2.24) is 15.3 Å². The maximum atomic E-state index is 11.4. The van der Waals surface area contributed by atoms with Crippen LogP contribution in [0.2, 0.25) is 0 Å². The summed E-state index contributed by atoms with van der Waals surface area (Å²) in [5, 5.41) is 5.37. The molecule has 6 nitrogen and oxygen atoms in total. The average molecular weight is 238 g/mol. The van der Waals surface area contributed by atoms with Crippen molar-refractivity contribution in [2.24, 2.45) is 0 Å². The van der Waals surface area contributed by atoms with Gasteiger partial charge in [-0.05, 0) is 12.8 Å². The van der Waals surface area contributed by atoms with Crippen LogP contribution in [-0.2, 0) is 9.59 Å². The third-order valence-corrected chi connectivity index (χ3v) is 2.21. The third kappa shape index (κ3) is 6.34. The molecule has 1 heterocycles. The van der Waals surface area contributed by atoms with Gasteiger partial charge in [-0.25, -0.2) is 4.98 Å². The first-order valence-corrected chi connectivity index (χ1v) is 5.72. The van der Waals surface area contributed by atoms with Gasteiger partial charge in [-0.1, -0.05) is 6.42 Å². The molecule has 0 fully saturated rings. The van der Waals surface area contributed by atoms with Crippen molar-refractivity contribution in [2.45, 2.75) is 32.6 Å². The zero-order valence-corrected chi connectivity index (χ0v) is 9.95. The van der Waals surface area contributed by atoms with E-state index >= 15 is 0 Å². The van der Waals surface area contributed by atoms with Crippen molar-refractivity contribution in [3.8, 4) is 0 Å². The van der Waals surface area contributed by atoms with Crippen LogP contribution in [0.1, 0.15) is 32.6 Å². The van der Waals surface area contributed by atoms with Gasteiger partial charge in [0.15, 0.2) is 0 Å². The molecule has 94 valence electrons. The summed E-state index contributed by atoms with van der Waals surface area (Å²) in [5.74, 6) is 0.424. The van der Waals surface area contributed by atoms with Crippen LogP contribution in [0.4, 0.5) is 5.95 Å². The number of rotatable bonds is 7. The van der Waals surface area contributed by atoms with E-state index in [1.54, 1.807) is 12.4 Å². The van der Waals surface area contributed by atoms with Crippen molar-refractivity contribution in [3.63, 3.8) is 0 Å². The van der Waals surface area contributed by atoms with Crippen LogP contribution in [0.15, 0.2) is 12.4 Å². The molecular formula is C11H18N4O2. The topological polar surface area (TPSA) is 86.9 Å². The SMILES string of the molecule is CC(=O)NCCCCCC(=O)Nc1ncc[nH]1. The Hall–Kier alpha value is -1.85. The van der Waals surface area contributed by atoms with Gasteiger partial charge in [0.1, 0.15) is 0 Å². The van der Waals surface area contributed by atoms with Gasteiger partial charge in [0.25, 0.3) is 0 Å². The van der Waals surface area contributed by atoms with E-state index in [1.807, 2.05) is 0 Å². The highest BCUT2D eigenvalue weighted by atomic mass is 16.2. The zero-order valence-electron chi connectivity index (χ0n) is 9.95. The fourth-order valence-electron chi connectivity index (χ4n) is 1.38. The predicted molar refractivity (Wildman–Crippen MR) is 64.4 cm³/mol. The van der Waals surface area contributed by atoms with E-state index in [1.165, 1.54) is 6.92 Å². The van der Waals surface area contributed by atoms with Crippen LogP contribution < -0.4 is 10.6 Å². The molecule has 3 N–H and O–H groups in total. The number of amides is 2. The highest BCUT2D eigenvalue weighted by Gasteiger charge is 2.02. The Morgan fingerprint density at radius 1 is 1.35 bits per heavy atom. The van der Waals surface area contributed by atoms with Crippen LogP contribution >= 0.6 is 0 Å². The number of carbonyl (C=O) groups is 2. The van der Waals surface area contributed by atoms with Crippen LogP contribution in [0.25, 0.3) is 0 Å². The lowest BCUT2D eigenvalue weighted by Crippen LogP contribution is -2.20. The lowest BCUT2D eigenvalue weighted by Gasteiger charge is -2.03. The van der Waals surface area contributed by atoms with Crippen LogP contribution in [0.3, 0.4) is 0 Å². The molecule has 0 aliphatic rings. The van der Waals surface area contributed by atoms with Crippen molar-refractivity contribution in [2.75, 3.05) is 11.9 Å². The summed E-state index contributed by atoms with van der Waals surface area (Å²) in [7, 11) is 0. The second-order valence-corrected chi connectivity index (χ2v) is 3.78. The zero-order chi connectivity index (χ0) is 12.5. The minimum absolute atomic E-state index is 0.0134. The Kier molecular flexibility index (Phi) is 5.77. The van der Waals surface area contributed by atoms with E-state index in [2.05, 4.69) is 20.6 Å². The first kappa shape index (κ1) is 13.2. The number of hydrogen-bond donors (Lipinski definition) is 3. The average Bonchev–Trinajstić information content (AvgIpc) is 2.75. The summed E-state index contributed by atoms with van der Waals surface area (Å²) in [6.45, 7) is 2.17. The van der Waals surface area contributed by atoms with Crippen molar-refractivity contribution in [3.05, 3.63) is 12.4 Å². The number of aromatic nitrogens is 2. The summed E-state index contributed by atoms with van der Waals surface area (Å²) in [6.07, 6.45) is 6.35. The van der Waals surface area contributed by atoms with Gasteiger partial charge in [-0.3, -0.25) is 14.9 Å². The number of carbonyl (C=O) groups excluding carboxylic acids is 2. The van der Waals surface area contributed by atoms with E-state index in [4.69, 9.17) is 0 Å². The molecule has 0 radical (unpaired) electrons. The second kappa shape index (κ2) is 7.43. The second-order valence-electron chi connectivity index (χ2n) is 3.78. The Morgan fingerprint density at radius 3 is 2.82 bits per heavy atom. The number of anilines is 1. The highest BCUT2D eigenvalue weighted by Crippen LogP contribution is 2.02. The summed E-state index contributed by atoms with van der Waals surface area (Å²) in [6, 6.07) is 0. The number of H-pyrrole nitrogens is 1. The minimum atomic E-state index is -0.0422. The van der Waals surface area contributed by atoms with E-state index in [-0.39, 0.29) is 11.8 Å². The summed E-state index contributed by atoms with van der Waals surface area (Å²) >= 11 is 0. The van der Waals surface area contributed by atoms with E-state index < -0.39 is 0 Å². The molecule has 0 bridgehead atoms. The molecule has 0 saturated heterocycles. The molecular weight excluding hydrogens is 220 g/mol. The quantitative estimate of drug-likeness (QED) is 0.620. The van der Waals surface area contributed by atoms with Crippen LogP contribution in [0, 0.1) is 0 Å². The first-order chi connectivity index (χ1) is 8.18. The standard InChI is InChI=1S/C11H18N4O2/c1-9(16)12-6-4-2-3-5-10(17)15-11-13-7-8-14-11/h7-8H,2-6H2,1H3,(H,12,16)(H2,13,14,15,17). The normalized spacial score (nSPS) is 9.94. The molecule has 0 spiro atoms. The maximum absolute atomic E-state index is 11.4. The Morgan fingerprint density at radius 2 is 2.18 bits per heavy atom. The number of aromatic amines is 1. The summed E-state index contributed by atoms with van der Waals surface area (Å²) in [4.78, 5) is 28.7. The number of nitrogens with zero attached hydrogens (tertiary/aromatic N) is 1. The molecule has 6 heteroatoms. The fraction of sp³-hybridized carbons (Fsp3) is 0.545. The summed E-state index contributed by atoms with van der Waals surface area (Å²) < 4.78 is 0. The highest BCUT2D eigenvalue weighted by molar-refractivity contribution is 5.88. The number of unbranched alkanes of at least 4 members (excludes halogenated alkanes) is 2. The Labute approximate surface area is 100 Å². The number of imidazole rings is 1. The molecule has 0 atom stereocenters. The lowest BCUT2D eigenvalue weighted by atomic mass is 10.2. The van der Waals surface area contributed by atoms with Crippen molar-refractivity contribution in [1.29, 1.82) is 0 Å². The lowest BCUT2D eigenvalue weighted by molar-refractivity contribution is -0.119. The van der Waals surface area contributed by atoms with E-state index in [0.717, 1.165) is 19.3 Å². The molecule has 1 aromatic heterocycles. The molecule has 0 aliphatic carbocycles. The molecule has 17 heavy (non-hydrogen) atoms. The minimum Gasteiger partial charge on any atom is -0.356 e. The Balaban J connectivity index is 1.99. The van der Waals surface area contributed by atoms with Gasteiger partial charge < -0.3 is 10.3 Å². The van der Waals surface area contributed by atoms with Crippen LogP contribution in [-0.4, -0.2) is 28.3 Å². The van der Waals surface area contributed by atoms with Gasteiger partial charge in [0.05, 0.1) is 0 Å². The van der Waals surface area contributed by atoms with E-state index in [0.29, 0.717) is 18.9 Å². The molecule has 0 saturated carbocycles. The fourth-order valence-corrected chi connectivity index (χ4v) is 1.38. The number of nitrogens with one attached hydrogen (secondary N) is 3. The first-order valence-electron chi connectivity index (χ1n) is 5.72. The van der Waals surface area contributed by atoms with Gasteiger partial charge in [0, 0.05) is 32.3 Å². The van der Waals surface area contributed by atoms with Gasteiger partial charge in [-0.2, -0.15) is 0 Å². The molecule has 1 rings (SSSR count). The molecule has 1 aromatic rings. The monoisotopic (exact) mass is 238 g/mol. The molecule has 0 unspecified atom stereocenters. The molecule has 0 aromatic carbocycles. The van der Waals surface area contributed by atoms with Crippen molar-refractivity contribution < 1.29 is 9.59 Å². The molecule has 2 amide bonds. The molecule has 0 aliphatic heterocycles. The Bertz CT molecular complexity index is 348. The van der Waals surface area contributed by atoms with Crippen LogP contribution in [0.5, 0.6) is 0 Å². The van der Waals surface area contributed by atoms with Gasteiger partial charge in [-0.15, -0.1) is 0 Å². The largest absolute Gasteiger partial charge is 0.356 e. The third-order valence-electron chi connectivity index (χ3n) is 2.21. The van der Waals surface area contributed by atoms with Crippen molar-refractivity contribution >= 4 is 17.8 Å². The van der Waals surface area contributed by atoms with Gasteiger partial charge in [0.2, 0.25) is 17.8 Å². The maximum Gasteiger partial charge on any atom is 0.226 e.